The lowest BCUT2D eigenvalue weighted by atomic mass is 9.85. The van der Waals surface area contributed by atoms with Crippen LogP contribution >= 0.6 is 0 Å². The van der Waals surface area contributed by atoms with Gasteiger partial charge in [-0.2, -0.15) is 0 Å². The van der Waals surface area contributed by atoms with Crippen LogP contribution in [0.2, 0.25) is 0 Å². The predicted molar refractivity (Wildman–Crippen MR) is 66.0 cm³/mol. The van der Waals surface area contributed by atoms with Crippen LogP contribution in [-0.4, -0.2) is 16.9 Å². The molecule has 92 valence electrons. The van der Waals surface area contributed by atoms with Gasteiger partial charge in [-0.15, -0.1) is 0 Å². The van der Waals surface area contributed by atoms with Crippen molar-refractivity contribution >= 4 is 11.8 Å². The van der Waals surface area contributed by atoms with Gasteiger partial charge in [0.1, 0.15) is 11.7 Å². The first-order valence-corrected chi connectivity index (χ1v) is 5.79. The van der Waals surface area contributed by atoms with Crippen molar-refractivity contribution in [3.05, 3.63) is 35.4 Å². The van der Waals surface area contributed by atoms with Crippen LogP contribution < -0.4 is 0 Å². The lowest BCUT2D eigenvalue weighted by molar-refractivity contribution is -0.146. The summed E-state index contributed by atoms with van der Waals surface area (Å²) in [5.74, 6) is -2.60. The fraction of sp³-hybridized carbons (Fsp3) is 0.429. The second-order valence-corrected chi connectivity index (χ2v) is 4.31. The number of carboxylic acid groups (broad SMARTS) is 1. The first-order valence-electron chi connectivity index (χ1n) is 5.79. The molecule has 0 aliphatic carbocycles. The molecule has 0 spiro atoms. The van der Waals surface area contributed by atoms with E-state index in [0.717, 1.165) is 12.0 Å². The van der Waals surface area contributed by atoms with Gasteiger partial charge in [0.25, 0.3) is 0 Å². The standard InChI is InChI=1S/C14H18O3/c1-4-11-5-7-12(8-6-11)9(2)13(10(3)15)14(16)17/h5-9,13H,4H2,1-3H3,(H,16,17)/t9-,13-/m0/s1. The Morgan fingerprint density at radius 2 is 1.76 bits per heavy atom. The highest BCUT2D eigenvalue weighted by atomic mass is 16.4. The summed E-state index contributed by atoms with van der Waals surface area (Å²) < 4.78 is 0. The van der Waals surface area contributed by atoms with E-state index in [9.17, 15) is 9.59 Å². The third-order valence-corrected chi connectivity index (χ3v) is 3.12. The van der Waals surface area contributed by atoms with Gasteiger partial charge in [-0.3, -0.25) is 9.59 Å². The number of hydrogen-bond acceptors (Lipinski definition) is 2. The van der Waals surface area contributed by atoms with Gasteiger partial charge in [0, 0.05) is 5.92 Å². The molecule has 0 aliphatic heterocycles. The Kier molecular flexibility index (Phi) is 4.44. The Hall–Kier alpha value is -1.64. The molecule has 0 saturated heterocycles. The molecule has 2 atom stereocenters. The summed E-state index contributed by atoms with van der Waals surface area (Å²) in [7, 11) is 0. The van der Waals surface area contributed by atoms with E-state index in [0.29, 0.717) is 0 Å². The predicted octanol–water partition coefficient (Wildman–Crippen LogP) is 2.64. The molecule has 0 amide bonds. The van der Waals surface area contributed by atoms with Crippen molar-refractivity contribution in [2.45, 2.75) is 33.1 Å². The summed E-state index contributed by atoms with van der Waals surface area (Å²) >= 11 is 0. The van der Waals surface area contributed by atoms with Crippen LogP contribution in [-0.2, 0) is 16.0 Å². The van der Waals surface area contributed by atoms with Crippen molar-refractivity contribution in [1.29, 1.82) is 0 Å². The Bertz CT molecular complexity index is 392. The van der Waals surface area contributed by atoms with Crippen molar-refractivity contribution in [1.82, 2.24) is 0 Å². The zero-order valence-electron chi connectivity index (χ0n) is 10.4. The van der Waals surface area contributed by atoms with Crippen LogP contribution in [0, 0.1) is 5.92 Å². The number of Topliss-reactive ketones (excluding diaryl/α,β-unsaturated/α-hetero) is 1. The summed E-state index contributed by atoms with van der Waals surface area (Å²) in [6.45, 7) is 5.17. The number of ketones is 1. The van der Waals surface area contributed by atoms with Crippen LogP contribution in [0.15, 0.2) is 24.3 Å². The Labute approximate surface area is 101 Å². The summed E-state index contributed by atoms with van der Waals surface area (Å²) in [5, 5.41) is 9.06. The van der Waals surface area contributed by atoms with E-state index in [1.54, 1.807) is 6.92 Å². The van der Waals surface area contributed by atoms with Gasteiger partial charge < -0.3 is 5.11 Å². The van der Waals surface area contributed by atoms with Gasteiger partial charge in [-0.05, 0) is 24.5 Å². The number of carbonyl (C=O) groups excluding carboxylic acids is 1. The number of rotatable bonds is 5. The van der Waals surface area contributed by atoms with E-state index >= 15 is 0 Å². The summed E-state index contributed by atoms with van der Waals surface area (Å²) in [6, 6.07) is 7.76. The highest BCUT2D eigenvalue weighted by molar-refractivity contribution is 5.97. The number of hydrogen-bond donors (Lipinski definition) is 1. The zero-order valence-corrected chi connectivity index (χ0v) is 10.4. The maximum Gasteiger partial charge on any atom is 0.314 e. The van der Waals surface area contributed by atoms with Gasteiger partial charge in [-0.1, -0.05) is 38.1 Å². The van der Waals surface area contributed by atoms with E-state index in [2.05, 4.69) is 6.92 Å². The highest BCUT2D eigenvalue weighted by Gasteiger charge is 2.29. The quantitative estimate of drug-likeness (QED) is 0.797. The Morgan fingerprint density at radius 3 is 2.12 bits per heavy atom. The molecule has 0 unspecified atom stereocenters. The number of aliphatic carboxylic acids is 1. The van der Waals surface area contributed by atoms with E-state index in [1.807, 2.05) is 24.3 Å². The zero-order chi connectivity index (χ0) is 13.0. The molecule has 3 nitrogen and oxygen atoms in total. The molecule has 1 aromatic carbocycles. The van der Waals surface area contributed by atoms with Crippen molar-refractivity contribution in [2.75, 3.05) is 0 Å². The average Bonchev–Trinajstić information content (AvgIpc) is 2.28. The number of carbonyl (C=O) groups is 2. The number of aryl methyl sites for hydroxylation is 1. The average molecular weight is 234 g/mol. The molecule has 0 bridgehead atoms. The van der Waals surface area contributed by atoms with Crippen LogP contribution in [0.3, 0.4) is 0 Å². The van der Waals surface area contributed by atoms with E-state index in [4.69, 9.17) is 5.11 Å². The molecular weight excluding hydrogens is 216 g/mol. The molecule has 1 N–H and O–H groups in total. The molecule has 3 heteroatoms. The van der Waals surface area contributed by atoms with Gasteiger partial charge >= 0.3 is 5.97 Å². The van der Waals surface area contributed by atoms with E-state index in [1.165, 1.54) is 12.5 Å². The summed E-state index contributed by atoms with van der Waals surface area (Å²) in [5.41, 5.74) is 2.10. The van der Waals surface area contributed by atoms with E-state index < -0.39 is 11.9 Å². The summed E-state index contributed by atoms with van der Waals surface area (Å²) in [6.07, 6.45) is 0.948. The Balaban J connectivity index is 2.97. The smallest absolute Gasteiger partial charge is 0.314 e. The third kappa shape index (κ3) is 3.16. The second kappa shape index (κ2) is 5.62. The summed E-state index contributed by atoms with van der Waals surface area (Å²) in [4.78, 5) is 22.4. The molecule has 0 fully saturated rings. The lowest BCUT2D eigenvalue weighted by Gasteiger charge is -2.18. The van der Waals surface area contributed by atoms with Crippen LogP contribution in [0.5, 0.6) is 0 Å². The topological polar surface area (TPSA) is 54.4 Å². The highest BCUT2D eigenvalue weighted by Crippen LogP contribution is 2.25. The first kappa shape index (κ1) is 13.4. The van der Waals surface area contributed by atoms with Gasteiger partial charge in [0.15, 0.2) is 0 Å². The molecule has 0 radical (unpaired) electrons. The van der Waals surface area contributed by atoms with Crippen molar-refractivity contribution in [3.63, 3.8) is 0 Å². The maximum absolute atomic E-state index is 11.3. The lowest BCUT2D eigenvalue weighted by Crippen LogP contribution is -2.26. The minimum absolute atomic E-state index is 0.295. The largest absolute Gasteiger partial charge is 0.481 e. The molecule has 0 aliphatic rings. The molecule has 0 saturated carbocycles. The minimum atomic E-state index is -1.05. The van der Waals surface area contributed by atoms with Crippen LogP contribution in [0.25, 0.3) is 0 Å². The molecule has 0 heterocycles. The molecule has 0 aromatic heterocycles. The van der Waals surface area contributed by atoms with Crippen molar-refractivity contribution < 1.29 is 14.7 Å². The van der Waals surface area contributed by atoms with E-state index in [-0.39, 0.29) is 11.7 Å². The number of carboxylic acids is 1. The van der Waals surface area contributed by atoms with Crippen LogP contribution in [0.1, 0.15) is 37.8 Å². The Morgan fingerprint density at radius 1 is 1.24 bits per heavy atom. The van der Waals surface area contributed by atoms with Crippen LogP contribution in [0.4, 0.5) is 0 Å². The normalized spacial score (nSPS) is 14.1. The maximum atomic E-state index is 11.3. The molecule has 1 rings (SSSR count). The molecular formula is C14H18O3. The van der Waals surface area contributed by atoms with Crippen molar-refractivity contribution in [2.24, 2.45) is 5.92 Å². The fourth-order valence-electron chi connectivity index (χ4n) is 1.99. The first-order chi connectivity index (χ1) is 7.97. The van der Waals surface area contributed by atoms with Gasteiger partial charge in [0.05, 0.1) is 0 Å². The second-order valence-electron chi connectivity index (χ2n) is 4.31. The molecule has 17 heavy (non-hydrogen) atoms. The van der Waals surface area contributed by atoms with Gasteiger partial charge in [0.2, 0.25) is 0 Å². The molecule has 1 aromatic rings. The minimum Gasteiger partial charge on any atom is -0.481 e. The monoisotopic (exact) mass is 234 g/mol. The SMILES string of the molecule is CCc1ccc([C@H](C)[C@@H](C(C)=O)C(=O)O)cc1. The fourth-order valence-corrected chi connectivity index (χ4v) is 1.99. The van der Waals surface area contributed by atoms with Gasteiger partial charge in [-0.25, -0.2) is 0 Å². The number of benzene rings is 1. The third-order valence-electron chi connectivity index (χ3n) is 3.12. The van der Waals surface area contributed by atoms with Crippen molar-refractivity contribution in [3.8, 4) is 0 Å².